The number of benzene rings is 1. The standard InChI is InChI=1S/C14H23NO/c1-6-15(4)8-7-13-10-11(2)9-12(3)14(13)16-5/h9-10H,6-8H2,1-5H3. The first-order chi connectivity index (χ1) is 7.58. The predicted octanol–water partition coefficient (Wildman–Crippen LogP) is 2.81. The third-order valence-electron chi connectivity index (χ3n) is 3.00. The molecule has 0 atom stereocenters. The first kappa shape index (κ1) is 13.0. The molecule has 0 heterocycles. The van der Waals surface area contributed by atoms with Crippen LogP contribution in [0.3, 0.4) is 0 Å². The fourth-order valence-electron chi connectivity index (χ4n) is 1.99. The highest BCUT2D eigenvalue weighted by molar-refractivity contribution is 5.43. The Labute approximate surface area is 99.2 Å². The van der Waals surface area contributed by atoms with Crippen molar-refractivity contribution in [2.45, 2.75) is 27.2 Å². The highest BCUT2D eigenvalue weighted by Crippen LogP contribution is 2.25. The van der Waals surface area contributed by atoms with Crippen molar-refractivity contribution in [2.24, 2.45) is 0 Å². The number of rotatable bonds is 5. The highest BCUT2D eigenvalue weighted by atomic mass is 16.5. The van der Waals surface area contributed by atoms with Gasteiger partial charge in [0, 0.05) is 6.54 Å². The molecule has 0 aliphatic heterocycles. The summed E-state index contributed by atoms with van der Waals surface area (Å²) >= 11 is 0. The second-order valence-electron chi connectivity index (χ2n) is 4.42. The van der Waals surface area contributed by atoms with Gasteiger partial charge in [0.25, 0.3) is 0 Å². The summed E-state index contributed by atoms with van der Waals surface area (Å²) in [6.07, 6.45) is 1.05. The molecule has 1 aromatic rings. The number of nitrogens with zero attached hydrogens (tertiary/aromatic N) is 1. The van der Waals surface area contributed by atoms with Gasteiger partial charge in [-0.05, 0) is 45.0 Å². The molecule has 0 unspecified atom stereocenters. The van der Waals surface area contributed by atoms with Crippen molar-refractivity contribution >= 4 is 0 Å². The first-order valence-electron chi connectivity index (χ1n) is 5.91. The van der Waals surface area contributed by atoms with Crippen LogP contribution >= 0.6 is 0 Å². The Hall–Kier alpha value is -1.02. The lowest BCUT2D eigenvalue weighted by atomic mass is 10.0. The molecular weight excluding hydrogens is 198 g/mol. The summed E-state index contributed by atoms with van der Waals surface area (Å²) < 4.78 is 5.48. The molecule has 0 spiro atoms. The van der Waals surface area contributed by atoms with Gasteiger partial charge < -0.3 is 9.64 Å². The van der Waals surface area contributed by atoms with Gasteiger partial charge in [0.2, 0.25) is 0 Å². The van der Waals surface area contributed by atoms with Crippen LogP contribution in [0.1, 0.15) is 23.6 Å². The lowest BCUT2D eigenvalue weighted by Crippen LogP contribution is -2.20. The van der Waals surface area contributed by atoms with E-state index < -0.39 is 0 Å². The number of hydrogen-bond donors (Lipinski definition) is 0. The lowest BCUT2D eigenvalue weighted by Gasteiger charge is -2.17. The molecule has 0 N–H and O–H groups in total. The van der Waals surface area contributed by atoms with Gasteiger partial charge in [-0.25, -0.2) is 0 Å². The van der Waals surface area contributed by atoms with Crippen molar-refractivity contribution in [3.63, 3.8) is 0 Å². The molecule has 90 valence electrons. The molecule has 0 amide bonds. The Morgan fingerprint density at radius 3 is 2.50 bits per heavy atom. The number of likely N-dealkylation sites (N-methyl/N-ethyl adjacent to an activating group) is 1. The topological polar surface area (TPSA) is 12.5 Å². The van der Waals surface area contributed by atoms with Crippen molar-refractivity contribution in [3.8, 4) is 5.75 Å². The van der Waals surface area contributed by atoms with E-state index in [1.165, 1.54) is 16.7 Å². The molecule has 0 aromatic heterocycles. The van der Waals surface area contributed by atoms with Crippen molar-refractivity contribution in [1.29, 1.82) is 0 Å². The summed E-state index contributed by atoms with van der Waals surface area (Å²) in [6, 6.07) is 4.40. The molecule has 0 bridgehead atoms. The minimum atomic E-state index is 1.05. The van der Waals surface area contributed by atoms with Crippen LogP contribution in [0.25, 0.3) is 0 Å². The van der Waals surface area contributed by atoms with Gasteiger partial charge in [-0.2, -0.15) is 0 Å². The Bertz CT molecular complexity index is 347. The van der Waals surface area contributed by atoms with Crippen LogP contribution < -0.4 is 4.74 Å². The van der Waals surface area contributed by atoms with Gasteiger partial charge in [-0.15, -0.1) is 0 Å². The predicted molar refractivity (Wildman–Crippen MR) is 69.3 cm³/mol. The SMILES string of the molecule is CCN(C)CCc1cc(C)cc(C)c1OC. The zero-order valence-corrected chi connectivity index (χ0v) is 11.1. The average molecular weight is 221 g/mol. The molecule has 0 aliphatic rings. The number of hydrogen-bond acceptors (Lipinski definition) is 2. The van der Waals surface area contributed by atoms with E-state index in [2.05, 4.69) is 44.9 Å². The third kappa shape index (κ3) is 3.24. The average Bonchev–Trinajstić information content (AvgIpc) is 2.25. The van der Waals surface area contributed by atoms with E-state index >= 15 is 0 Å². The smallest absolute Gasteiger partial charge is 0.125 e. The quantitative estimate of drug-likeness (QED) is 0.758. The van der Waals surface area contributed by atoms with Gasteiger partial charge in [0.05, 0.1) is 7.11 Å². The Kier molecular flexibility index (Phi) is 4.81. The Balaban J connectivity index is 2.85. The largest absolute Gasteiger partial charge is 0.496 e. The van der Waals surface area contributed by atoms with E-state index in [9.17, 15) is 0 Å². The van der Waals surface area contributed by atoms with Crippen molar-refractivity contribution < 1.29 is 4.74 Å². The van der Waals surface area contributed by atoms with E-state index in [-0.39, 0.29) is 0 Å². The summed E-state index contributed by atoms with van der Waals surface area (Å²) in [5, 5.41) is 0. The van der Waals surface area contributed by atoms with Crippen molar-refractivity contribution in [1.82, 2.24) is 4.90 Å². The van der Waals surface area contributed by atoms with Crippen LogP contribution in [0.5, 0.6) is 5.75 Å². The molecule has 1 aromatic carbocycles. The first-order valence-corrected chi connectivity index (χ1v) is 5.91. The fourth-order valence-corrected chi connectivity index (χ4v) is 1.99. The van der Waals surface area contributed by atoms with Gasteiger partial charge in [0.15, 0.2) is 0 Å². The van der Waals surface area contributed by atoms with Crippen LogP contribution in [0.4, 0.5) is 0 Å². The van der Waals surface area contributed by atoms with Gasteiger partial charge in [-0.3, -0.25) is 0 Å². The highest BCUT2D eigenvalue weighted by Gasteiger charge is 2.08. The summed E-state index contributed by atoms with van der Waals surface area (Å²) in [5.41, 5.74) is 3.87. The fraction of sp³-hybridized carbons (Fsp3) is 0.571. The molecule has 0 saturated carbocycles. The normalized spacial score (nSPS) is 10.9. The minimum Gasteiger partial charge on any atom is -0.496 e. The van der Waals surface area contributed by atoms with Crippen LogP contribution in [0.2, 0.25) is 0 Å². The maximum atomic E-state index is 5.48. The second-order valence-corrected chi connectivity index (χ2v) is 4.42. The summed E-state index contributed by atoms with van der Waals surface area (Å²) in [5.74, 6) is 1.05. The zero-order chi connectivity index (χ0) is 12.1. The Morgan fingerprint density at radius 2 is 1.94 bits per heavy atom. The maximum Gasteiger partial charge on any atom is 0.125 e. The molecule has 1 rings (SSSR count). The summed E-state index contributed by atoms with van der Waals surface area (Å²) in [4.78, 5) is 2.32. The molecule has 0 radical (unpaired) electrons. The zero-order valence-electron chi connectivity index (χ0n) is 11.1. The number of methoxy groups -OCH3 is 1. The van der Waals surface area contributed by atoms with E-state index in [0.717, 1.165) is 25.3 Å². The van der Waals surface area contributed by atoms with Crippen LogP contribution in [0, 0.1) is 13.8 Å². The summed E-state index contributed by atoms with van der Waals surface area (Å²) in [6.45, 7) is 8.60. The molecule has 2 heteroatoms. The molecule has 0 saturated heterocycles. The van der Waals surface area contributed by atoms with E-state index in [1.54, 1.807) is 7.11 Å². The summed E-state index contributed by atoms with van der Waals surface area (Å²) in [7, 11) is 3.90. The van der Waals surface area contributed by atoms with Gasteiger partial charge in [-0.1, -0.05) is 24.6 Å². The molecule has 0 aliphatic carbocycles. The number of ether oxygens (including phenoxy) is 1. The minimum absolute atomic E-state index is 1.05. The van der Waals surface area contributed by atoms with E-state index in [0.29, 0.717) is 0 Å². The van der Waals surface area contributed by atoms with Gasteiger partial charge >= 0.3 is 0 Å². The third-order valence-corrected chi connectivity index (χ3v) is 3.00. The second kappa shape index (κ2) is 5.90. The van der Waals surface area contributed by atoms with Crippen LogP contribution in [0.15, 0.2) is 12.1 Å². The molecular formula is C14H23NO. The van der Waals surface area contributed by atoms with Crippen molar-refractivity contribution in [3.05, 3.63) is 28.8 Å². The van der Waals surface area contributed by atoms with Crippen LogP contribution in [-0.4, -0.2) is 32.1 Å². The number of aryl methyl sites for hydroxylation is 2. The molecule has 16 heavy (non-hydrogen) atoms. The molecule has 2 nitrogen and oxygen atoms in total. The molecule has 0 fully saturated rings. The lowest BCUT2D eigenvalue weighted by molar-refractivity contribution is 0.352. The Morgan fingerprint density at radius 1 is 1.25 bits per heavy atom. The van der Waals surface area contributed by atoms with Gasteiger partial charge in [0.1, 0.15) is 5.75 Å². The van der Waals surface area contributed by atoms with E-state index in [4.69, 9.17) is 4.74 Å². The van der Waals surface area contributed by atoms with E-state index in [1.807, 2.05) is 0 Å². The maximum absolute atomic E-state index is 5.48. The van der Waals surface area contributed by atoms with Crippen molar-refractivity contribution in [2.75, 3.05) is 27.2 Å². The monoisotopic (exact) mass is 221 g/mol. The van der Waals surface area contributed by atoms with Crippen LogP contribution in [-0.2, 0) is 6.42 Å².